The highest BCUT2D eigenvalue weighted by Gasteiger charge is 2.42. The summed E-state index contributed by atoms with van der Waals surface area (Å²) in [5, 5.41) is 37.8. The van der Waals surface area contributed by atoms with E-state index in [0.29, 0.717) is 5.56 Å². The van der Waals surface area contributed by atoms with Crippen molar-refractivity contribution in [1.29, 1.82) is 0 Å². The third-order valence-electron chi connectivity index (χ3n) is 3.11. The molecule has 21 heavy (non-hydrogen) atoms. The van der Waals surface area contributed by atoms with E-state index in [1.165, 1.54) is 0 Å². The average molecular weight is 300 g/mol. The van der Waals surface area contributed by atoms with Gasteiger partial charge in [0.2, 0.25) is 0 Å². The van der Waals surface area contributed by atoms with Gasteiger partial charge in [-0.15, -0.1) is 0 Å². The van der Waals surface area contributed by atoms with Gasteiger partial charge in [0, 0.05) is 5.56 Å². The Balaban J connectivity index is 0.00000106. The molecule has 2 rings (SSSR count). The highest BCUT2D eigenvalue weighted by Crippen LogP contribution is 2.31. The van der Waals surface area contributed by atoms with Crippen LogP contribution in [0.2, 0.25) is 0 Å². The minimum Gasteiger partial charge on any atom is -0.394 e. The van der Waals surface area contributed by atoms with E-state index in [-0.39, 0.29) is 0 Å². The first kappa shape index (κ1) is 18.0. The zero-order valence-corrected chi connectivity index (χ0v) is 12.3. The predicted octanol–water partition coefficient (Wildman–Crippen LogP) is 0.202. The minimum atomic E-state index is -1.24. The van der Waals surface area contributed by atoms with Crippen molar-refractivity contribution in [2.45, 2.75) is 44.6 Å². The van der Waals surface area contributed by atoms with Crippen LogP contribution >= 0.6 is 0 Å². The molecule has 0 saturated carbocycles. The van der Waals surface area contributed by atoms with Crippen LogP contribution in [0.3, 0.4) is 0 Å². The second-order valence-corrected chi connectivity index (χ2v) is 4.44. The maximum Gasteiger partial charge on any atom is 0.184 e. The maximum absolute atomic E-state index is 9.91. The van der Waals surface area contributed by atoms with Gasteiger partial charge in [0.1, 0.15) is 24.4 Å². The molecule has 0 aliphatic carbocycles. The van der Waals surface area contributed by atoms with Crippen molar-refractivity contribution in [3.63, 3.8) is 0 Å². The molecule has 1 aromatic carbocycles. The fourth-order valence-corrected chi connectivity index (χ4v) is 2.05. The van der Waals surface area contributed by atoms with Crippen LogP contribution in [0, 0.1) is 0 Å². The minimum absolute atomic E-state index is 0.400. The van der Waals surface area contributed by atoms with E-state index in [4.69, 9.17) is 14.6 Å². The molecule has 1 fully saturated rings. The summed E-state index contributed by atoms with van der Waals surface area (Å²) in [6.07, 6.45) is -5.12. The molecule has 120 valence electrons. The molecule has 1 saturated heterocycles. The summed E-state index contributed by atoms with van der Waals surface area (Å²) in [5.41, 5.74) is 0.711. The van der Waals surface area contributed by atoms with Gasteiger partial charge in [0.05, 0.1) is 13.2 Å². The van der Waals surface area contributed by atoms with Crippen LogP contribution in [-0.2, 0) is 9.47 Å². The van der Waals surface area contributed by atoms with Crippen molar-refractivity contribution in [2.75, 3.05) is 13.2 Å². The standard InChI is InChI=1S/C13H18O6.C2H6/c14-6-9(16)12-11(17)10(7-15)18-13(19-12)8-4-2-1-3-5-8;1-2/h1-5,9-17H,6-7H2;1-2H3. The molecular weight excluding hydrogens is 276 g/mol. The van der Waals surface area contributed by atoms with Crippen molar-refractivity contribution in [1.82, 2.24) is 0 Å². The van der Waals surface area contributed by atoms with Gasteiger partial charge in [-0.05, 0) is 0 Å². The quantitative estimate of drug-likeness (QED) is 0.634. The fraction of sp³-hybridized carbons (Fsp3) is 0.600. The Labute approximate surface area is 124 Å². The van der Waals surface area contributed by atoms with Gasteiger partial charge in [-0.3, -0.25) is 0 Å². The van der Waals surface area contributed by atoms with Gasteiger partial charge in [-0.2, -0.15) is 0 Å². The first-order valence-corrected chi connectivity index (χ1v) is 7.11. The number of benzene rings is 1. The Morgan fingerprint density at radius 1 is 1.10 bits per heavy atom. The maximum atomic E-state index is 9.91. The van der Waals surface area contributed by atoms with E-state index in [1.807, 2.05) is 19.9 Å². The van der Waals surface area contributed by atoms with E-state index in [2.05, 4.69) is 0 Å². The Morgan fingerprint density at radius 2 is 1.71 bits per heavy atom. The van der Waals surface area contributed by atoms with Crippen LogP contribution in [0.5, 0.6) is 0 Å². The lowest BCUT2D eigenvalue weighted by atomic mass is 10.0. The van der Waals surface area contributed by atoms with E-state index in [1.54, 1.807) is 24.3 Å². The van der Waals surface area contributed by atoms with Crippen molar-refractivity contribution in [3.8, 4) is 0 Å². The summed E-state index contributed by atoms with van der Waals surface area (Å²) in [5.74, 6) is 0. The van der Waals surface area contributed by atoms with Crippen LogP contribution in [-0.4, -0.2) is 58.1 Å². The summed E-state index contributed by atoms with van der Waals surface area (Å²) in [6, 6.07) is 9.00. The third kappa shape index (κ3) is 4.47. The zero-order chi connectivity index (χ0) is 15.8. The molecular formula is C15H24O6. The van der Waals surface area contributed by atoms with Crippen LogP contribution in [0.1, 0.15) is 25.7 Å². The number of hydrogen-bond donors (Lipinski definition) is 4. The second-order valence-electron chi connectivity index (χ2n) is 4.44. The molecule has 0 radical (unpaired) electrons. The van der Waals surface area contributed by atoms with Gasteiger partial charge in [-0.1, -0.05) is 44.2 Å². The highest BCUT2D eigenvalue weighted by molar-refractivity contribution is 5.16. The van der Waals surface area contributed by atoms with Gasteiger partial charge in [0.25, 0.3) is 0 Å². The molecule has 0 spiro atoms. The number of aliphatic hydroxyl groups excluding tert-OH is 4. The molecule has 1 aromatic rings. The van der Waals surface area contributed by atoms with E-state index in [9.17, 15) is 15.3 Å². The molecule has 1 aliphatic heterocycles. The Kier molecular flexibility index (Phi) is 7.81. The summed E-state index contributed by atoms with van der Waals surface area (Å²) in [7, 11) is 0. The molecule has 0 amide bonds. The lowest BCUT2D eigenvalue weighted by Gasteiger charge is -2.40. The molecule has 4 N–H and O–H groups in total. The largest absolute Gasteiger partial charge is 0.394 e. The predicted molar refractivity (Wildman–Crippen MR) is 76.5 cm³/mol. The lowest BCUT2D eigenvalue weighted by molar-refractivity contribution is -0.310. The molecule has 5 unspecified atom stereocenters. The van der Waals surface area contributed by atoms with Crippen LogP contribution < -0.4 is 0 Å². The Bertz CT molecular complexity index is 385. The molecule has 6 heteroatoms. The van der Waals surface area contributed by atoms with Crippen LogP contribution in [0.4, 0.5) is 0 Å². The summed E-state index contributed by atoms with van der Waals surface area (Å²) in [4.78, 5) is 0. The Hall–Kier alpha value is -1.02. The molecule has 1 aliphatic rings. The first-order chi connectivity index (χ1) is 10.2. The van der Waals surface area contributed by atoms with Gasteiger partial charge >= 0.3 is 0 Å². The molecule has 5 atom stereocenters. The Morgan fingerprint density at radius 3 is 2.24 bits per heavy atom. The van der Waals surface area contributed by atoms with Crippen LogP contribution in [0.15, 0.2) is 30.3 Å². The van der Waals surface area contributed by atoms with Gasteiger partial charge in [0.15, 0.2) is 6.29 Å². The summed E-state index contributed by atoms with van der Waals surface area (Å²) >= 11 is 0. The monoisotopic (exact) mass is 300 g/mol. The fourth-order valence-electron chi connectivity index (χ4n) is 2.05. The molecule has 0 bridgehead atoms. The second kappa shape index (κ2) is 9.09. The third-order valence-corrected chi connectivity index (χ3v) is 3.11. The van der Waals surface area contributed by atoms with Crippen LogP contribution in [0.25, 0.3) is 0 Å². The van der Waals surface area contributed by atoms with Crippen molar-refractivity contribution in [2.24, 2.45) is 0 Å². The van der Waals surface area contributed by atoms with Crippen molar-refractivity contribution < 1.29 is 29.9 Å². The number of hydrogen-bond acceptors (Lipinski definition) is 6. The molecule has 6 nitrogen and oxygen atoms in total. The van der Waals surface area contributed by atoms with E-state index < -0.39 is 43.9 Å². The lowest BCUT2D eigenvalue weighted by Crippen LogP contribution is -2.54. The van der Waals surface area contributed by atoms with Crippen molar-refractivity contribution >= 4 is 0 Å². The average Bonchev–Trinajstić information content (AvgIpc) is 2.57. The topological polar surface area (TPSA) is 99.4 Å². The SMILES string of the molecule is CC.OCC(O)C1OC(c2ccccc2)OC(CO)C1O. The van der Waals surface area contributed by atoms with E-state index in [0.717, 1.165) is 0 Å². The van der Waals surface area contributed by atoms with Gasteiger partial charge in [-0.25, -0.2) is 0 Å². The molecule has 1 heterocycles. The normalized spacial score (nSPS) is 30.2. The smallest absolute Gasteiger partial charge is 0.184 e. The highest BCUT2D eigenvalue weighted by atomic mass is 16.7. The first-order valence-electron chi connectivity index (χ1n) is 7.11. The summed E-state index contributed by atoms with van der Waals surface area (Å²) < 4.78 is 10.9. The van der Waals surface area contributed by atoms with Gasteiger partial charge < -0.3 is 29.9 Å². The summed E-state index contributed by atoms with van der Waals surface area (Å²) in [6.45, 7) is 3.06. The zero-order valence-electron chi connectivity index (χ0n) is 12.3. The van der Waals surface area contributed by atoms with Crippen molar-refractivity contribution in [3.05, 3.63) is 35.9 Å². The number of aliphatic hydroxyl groups is 4. The number of rotatable bonds is 4. The molecule has 0 aromatic heterocycles. The number of ether oxygens (including phenoxy) is 2. The van der Waals surface area contributed by atoms with E-state index >= 15 is 0 Å².